The number of terminal acetylenes is 1. The monoisotopic (exact) mass is 348 g/mol. The Hall–Kier alpha value is -2.37. The summed E-state index contributed by atoms with van der Waals surface area (Å²) in [6.07, 6.45) is 8.03. The Morgan fingerprint density at radius 1 is 1.54 bits per heavy atom. The normalized spacial score (nSPS) is 13.6. The number of anilines is 2. The third-order valence-corrected chi connectivity index (χ3v) is 4.31. The highest BCUT2D eigenvalue weighted by atomic mass is 32.1. The minimum Gasteiger partial charge on any atom is -0.479 e. The molecule has 1 amide bonds. The number of morpholine rings is 1. The fraction of sp³-hybridized carbons (Fsp3) is 0.438. The van der Waals surface area contributed by atoms with Crippen LogP contribution in [-0.2, 0) is 9.53 Å². The van der Waals surface area contributed by atoms with Crippen molar-refractivity contribution in [1.82, 2.24) is 9.97 Å². The van der Waals surface area contributed by atoms with Crippen molar-refractivity contribution < 1.29 is 14.3 Å². The van der Waals surface area contributed by atoms with Crippen LogP contribution in [0, 0.1) is 12.3 Å². The van der Waals surface area contributed by atoms with E-state index in [9.17, 15) is 4.79 Å². The van der Waals surface area contributed by atoms with E-state index in [0.29, 0.717) is 36.2 Å². The Labute approximate surface area is 145 Å². The highest BCUT2D eigenvalue weighted by molar-refractivity contribution is 7.23. The lowest BCUT2D eigenvalue weighted by Gasteiger charge is -2.28. The zero-order valence-electron chi connectivity index (χ0n) is 13.7. The van der Waals surface area contributed by atoms with Gasteiger partial charge in [0, 0.05) is 19.5 Å². The van der Waals surface area contributed by atoms with Crippen LogP contribution in [0.15, 0.2) is 6.20 Å². The zero-order valence-corrected chi connectivity index (χ0v) is 14.6. The van der Waals surface area contributed by atoms with Gasteiger partial charge in [0.1, 0.15) is 5.52 Å². The number of hydrogen-bond donors (Lipinski definition) is 1. The third-order valence-electron chi connectivity index (χ3n) is 3.30. The molecule has 0 saturated carbocycles. The summed E-state index contributed by atoms with van der Waals surface area (Å²) in [6.45, 7) is 4.98. The Morgan fingerprint density at radius 2 is 2.25 bits per heavy atom. The average Bonchev–Trinajstić information content (AvgIpc) is 3.06. The molecular formula is C16H20N4O3S. The van der Waals surface area contributed by atoms with Gasteiger partial charge in [0.2, 0.25) is 12.3 Å². The lowest BCUT2D eigenvalue weighted by molar-refractivity contribution is -0.105. The Kier molecular flexibility index (Phi) is 6.78. The fourth-order valence-corrected chi connectivity index (χ4v) is 3.12. The summed E-state index contributed by atoms with van der Waals surface area (Å²) < 4.78 is 11.6. The van der Waals surface area contributed by atoms with Crippen molar-refractivity contribution in [2.24, 2.45) is 0 Å². The third kappa shape index (κ3) is 4.13. The predicted octanol–water partition coefficient (Wildman–Crippen LogP) is 2.13. The van der Waals surface area contributed by atoms with Crippen LogP contribution in [0.2, 0.25) is 0 Å². The molecule has 0 aromatic carbocycles. The van der Waals surface area contributed by atoms with E-state index in [1.165, 1.54) is 11.3 Å². The molecule has 2 aromatic rings. The quantitative estimate of drug-likeness (QED) is 0.674. The van der Waals surface area contributed by atoms with Crippen LogP contribution in [-0.4, -0.2) is 49.8 Å². The molecule has 128 valence electrons. The number of pyridine rings is 1. The number of fused-ring (bicyclic) bond motifs is 1. The number of amides is 1. The van der Waals surface area contributed by atoms with Gasteiger partial charge in [-0.1, -0.05) is 18.3 Å². The number of hydrogen-bond acceptors (Lipinski definition) is 7. The van der Waals surface area contributed by atoms with Crippen LogP contribution >= 0.6 is 11.3 Å². The molecule has 2 aromatic heterocycles. The van der Waals surface area contributed by atoms with E-state index in [1.807, 2.05) is 6.92 Å². The first-order valence-electron chi connectivity index (χ1n) is 7.55. The van der Waals surface area contributed by atoms with Gasteiger partial charge in [-0.25, -0.2) is 9.97 Å². The van der Waals surface area contributed by atoms with Crippen LogP contribution in [0.5, 0.6) is 5.88 Å². The van der Waals surface area contributed by atoms with E-state index in [2.05, 4.69) is 26.1 Å². The summed E-state index contributed by atoms with van der Waals surface area (Å²) in [5.41, 5.74) is 1.67. The molecule has 1 N–H and O–H groups in total. The van der Waals surface area contributed by atoms with Gasteiger partial charge in [0.05, 0.1) is 36.9 Å². The maximum absolute atomic E-state index is 10.6. The molecule has 24 heavy (non-hydrogen) atoms. The van der Waals surface area contributed by atoms with Gasteiger partial charge in [-0.2, -0.15) is 0 Å². The molecule has 0 unspecified atom stereocenters. The zero-order chi connectivity index (χ0) is 17.4. The highest BCUT2D eigenvalue weighted by Crippen LogP contribution is 2.37. The molecule has 3 rings (SSSR count). The van der Waals surface area contributed by atoms with E-state index in [1.54, 1.807) is 13.3 Å². The molecule has 1 saturated heterocycles. The summed E-state index contributed by atoms with van der Waals surface area (Å²) in [6, 6.07) is 0. The number of nitrogens with zero attached hydrogens (tertiary/aromatic N) is 3. The maximum atomic E-state index is 10.6. The van der Waals surface area contributed by atoms with E-state index in [-0.39, 0.29) is 0 Å². The minimum atomic E-state index is 0.465. The standard InChI is InChI=1S/C12H14N4O3S.C4H6/c1-18-11-9-10(20-12(15-9)14-7-17)8(6-13-11)16-2-4-19-5-3-16;1-3-4-2/h6-7H,2-5H2,1H3,(H,14,15,17);1H,4H2,2H3. The lowest BCUT2D eigenvalue weighted by atomic mass is 10.3. The second kappa shape index (κ2) is 9.05. The number of nitrogens with one attached hydrogen (secondary N) is 1. The summed E-state index contributed by atoms with van der Waals surface area (Å²) in [4.78, 5) is 21.4. The first-order chi connectivity index (χ1) is 11.7. The van der Waals surface area contributed by atoms with Gasteiger partial charge < -0.3 is 19.7 Å². The Balaban J connectivity index is 0.000000471. The van der Waals surface area contributed by atoms with Crippen LogP contribution in [0.3, 0.4) is 0 Å². The number of carbonyl (C=O) groups excluding carboxylic acids is 1. The molecule has 1 aliphatic rings. The minimum absolute atomic E-state index is 0.465. The van der Waals surface area contributed by atoms with Gasteiger partial charge in [0.15, 0.2) is 5.13 Å². The van der Waals surface area contributed by atoms with Gasteiger partial charge in [0.25, 0.3) is 0 Å². The number of carbonyl (C=O) groups is 1. The molecule has 3 heterocycles. The number of aromatic nitrogens is 2. The summed E-state index contributed by atoms with van der Waals surface area (Å²) >= 11 is 1.42. The number of thiazole rings is 1. The highest BCUT2D eigenvalue weighted by Gasteiger charge is 2.19. The molecule has 0 atom stereocenters. The predicted molar refractivity (Wildman–Crippen MR) is 95.8 cm³/mol. The molecule has 0 aliphatic carbocycles. The van der Waals surface area contributed by atoms with Gasteiger partial charge in [-0.05, 0) is 0 Å². The molecule has 1 aliphatic heterocycles. The second-order valence-electron chi connectivity index (χ2n) is 4.77. The smallest absolute Gasteiger partial charge is 0.241 e. The SMILES string of the molecule is C#CCC.COc1ncc(N2CCOCC2)c2sc(NC=O)nc12. The average molecular weight is 348 g/mol. The van der Waals surface area contributed by atoms with Crippen LogP contribution < -0.4 is 15.0 Å². The van der Waals surface area contributed by atoms with Gasteiger partial charge in [-0.15, -0.1) is 12.3 Å². The summed E-state index contributed by atoms with van der Waals surface area (Å²) in [5, 5.41) is 3.12. The van der Waals surface area contributed by atoms with Crippen LogP contribution in [0.25, 0.3) is 10.2 Å². The molecule has 8 heteroatoms. The maximum Gasteiger partial charge on any atom is 0.241 e. The van der Waals surface area contributed by atoms with Crippen LogP contribution in [0.1, 0.15) is 13.3 Å². The Bertz CT molecular complexity index is 720. The first kappa shape index (κ1) is 18.0. The molecule has 1 fully saturated rings. The van der Waals surface area contributed by atoms with Gasteiger partial charge in [-0.3, -0.25) is 4.79 Å². The van der Waals surface area contributed by atoms with E-state index in [0.717, 1.165) is 29.9 Å². The van der Waals surface area contributed by atoms with E-state index < -0.39 is 0 Å². The Morgan fingerprint density at radius 3 is 2.83 bits per heavy atom. The number of methoxy groups -OCH3 is 1. The lowest BCUT2D eigenvalue weighted by Crippen LogP contribution is -2.36. The molecular weight excluding hydrogens is 328 g/mol. The number of ether oxygens (including phenoxy) is 2. The van der Waals surface area contributed by atoms with Gasteiger partial charge >= 0.3 is 0 Å². The van der Waals surface area contributed by atoms with Crippen molar-refractivity contribution in [3.8, 4) is 18.2 Å². The van der Waals surface area contributed by atoms with Crippen molar-refractivity contribution >= 4 is 38.8 Å². The largest absolute Gasteiger partial charge is 0.479 e. The number of rotatable bonds is 4. The van der Waals surface area contributed by atoms with Crippen molar-refractivity contribution in [1.29, 1.82) is 0 Å². The first-order valence-corrected chi connectivity index (χ1v) is 8.36. The fourth-order valence-electron chi connectivity index (χ4n) is 2.17. The van der Waals surface area contributed by atoms with E-state index >= 15 is 0 Å². The summed E-state index contributed by atoms with van der Waals surface area (Å²) in [5.74, 6) is 2.90. The van der Waals surface area contributed by atoms with Crippen molar-refractivity contribution in [3.05, 3.63) is 6.20 Å². The second-order valence-corrected chi connectivity index (χ2v) is 5.77. The molecule has 0 bridgehead atoms. The van der Waals surface area contributed by atoms with Crippen molar-refractivity contribution in [3.63, 3.8) is 0 Å². The van der Waals surface area contributed by atoms with E-state index in [4.69, 9.17) is 15.9 Å². The van der Waals surface area contributed by atoms with Crippen molar-refractivity contribution in [2.75, 3.05) is 43.6 Å². The molecule has 0 spiro atoms. The summed E-state index contributed by atoms with van der Waals surface area (Å²) in [7, 11) is 1.56. The van der Waals surface area contributed by atoms with Crippen molar-refractivity contribution in [2.45, 2.75) is 13.3 Å². The topological polar surface area (TPSA) is 76.6 Å². The van der Waals surface area contributed by atoms with Crippen LogP contribution in [0.4, 0.5) is 10.8 Å². The molecule has 7 nitrogen and oxygen atoms in total. The molecule has 0 radical (unpaired) electrons.